The lowest BCUT2D eigenvalue weighted by Gasteiger charge is -2.21. The number of para-hydroxylation sites is 3. The first kappa shape index (κ1) is 53.6. The zero-order valence-electron chi connectivity index (χ0n) is 43.4. The number of aliphatic imine (C=N–C) groups is 3. The van der Waals surface area contributed by atoms with Gasteiger partial charge < -0.3 is 16.0 Å². The van der Waals surface area contributed by atoms with Crippen LogP contribution in [0.2, 0.25) is 0 Å². The van der Waals surface area contributed by atoms with Crippen molar-refractivity contribution in [3.8, 4) is 0 Å². The zero-order chi connectivity index (χ0) is 47.7. The average Bonchev–Trinajstić information content (AvgIpc) is 3.20. The fourth-order valence-electron chi connectivity index (χ4n) is 8.30. The van der Waals surface area contributed by atoms with Gasteiger partial charge in [-0.05, 0) is 129 Å². The summed E-state index contributed by atoms with van der Waals surface area (Å²) in [5, 5.41) is 11.3. The Labute approximate surface area is 391 Å². The molecule has 0 aliphatic heterocycles. The quantitative estimate of drug-likeness (QED) is 0.0784. The Kier molecular flexibility index (Phi) is 22.0. The van der Waals surface area contributed by atoms with Crippen molar-refractivity contribution in [2.45, 2.75) is 160 Å². The second-order valence-corrected chi connectivity index (χ2v) is 19.6. The largest absolute Gasteiger partial charge is 0.359 e. The summed E-state index contributed by atoms with van der Waals surface area (Å²) in [5.41, 5.74) is 18.1. The Morgan fingerprint density at radius 3 is 0.781 bits per heavy atom. The predicted molar refractivity (Wildman–Crippen MR) is 286 cm³/mol. The molecule has 0 aliphatic carbocycles. The van der Waals surface area contributed by atoms with Crippen LogP contribution in [0.1, 0.15) is 194 Å². The molecule has 0 unspecified atom stereocenters. The molecule has 0 aromatic heterocycles. The molecule has 7 heteroatoms. The summed E-state index contributed by atoms with van der Waals surface area (Å²) < 4.78 is 0. The van der Waals surface area contributed by atoms with E-state index in [2.05, 4.69) is 218 Å². The van der Waals surface area contributed by atoms with Crippen molar-refractivity contribution in [3.63, 3.8) is 0 Å². The molecule has 64 heavy (non-hydrogen) atoms. The van der Waals surface area contributed by atoms with Gasteiger partial charge in [-0.3, -0.25) is 19.9 Å². The van der Waals surface area contributed by atoms with Crippen LogP contribution in [-0.4, -0.2) is 61.3 Å². The number of nitrogens with one attached hydrogen (secondary N) is 3. The predicted octanol–water partition coefficient (Wildman–Crippen LogP) is 15.5. The lowest BCUT2D eigenvalue weighted by Crippen LogP contribution is -2.32. The van der Waals surface area contributed by atoms with Gasteiger partial charge in [0.15, 0.2) is 0 Å². The van der Waals surface area contributed by atoms with Crippen molar-refractivity contribution in [3.05, 3.63) is 123 Å². The molecule has 0 radical (unpaired) electrons. The number of anilines is 3. The first-order chi connectivity index (χ1) is 30.2. The van der Waals surface area contributed by atoms with E-state index in [4.69, 9.17) is 15.0 Å². The van der Waals surface area contributed by atoms with Crippen LogP contribution in [0.4, 0.5) is 17.1 Å². The van der Waals surface area contributed by atoms with Gasteiger partial charge in [0.05, 0.1) is 19.6 Å². The minimum absolute atomic E-state index is 0.430. The maximum Gasteiger partial charge on any atom is 0.0519 e. The van der Waals surface area contributed by atoms with Crippen LogP contribution < -0.4 is 16.0 Å². The van der Waals surface area contributed by atoms with Crippen LogP contribution in [0.25, 0.3) is 0 Å². The molecule has 0 saturated carbocycles. The average molecular weight is 870 g/mol. The minimum Gasteiger partial charge on any atom is -0.359 e. The molecule has 3 aromatic carbocycles. The van der Waals surface area contributed by atoms with Crippen molar-refractivity contribution < 1.29 is 0 Å². The van der Waals surface area contributed by atoms with Crippen LogP contribution in [0.15, 0.2) is 105 Å². The first-order valence-electron chi connectivity index (χ1n) is 24.2. The molecule has 0 aliphatic rings. The Morgan fingerprint density at radius 1 is 0.391 bits per heavy atom. The van der Waals surface area contributed by atoms with E-state index >= 15 is 0 Å². The molecule has 0 spiro atoms. The van der Waals surface area contributed by atoms with Gasteiger partial charge in [-0.1, -0.05) is 138 Å². The SMILES string of the molecule is CC(/C=C(\C)Nc1c(C(C)C)cccc1C(C)C)=NCCN(CCN=C(C)/C=C(\C)Nc1c(C(C)C)cccc1C(C)C)CCN=C(C)/C=C(\C)Nc1c(C(C)C)cccc1C(C)C. The number of rotatable bonds is 24. The fraction of sp³-hybridized carbons (Fsp3) is 0.526. The van der Waals surface area contributed by atoms with Crippen LogP contribution in [0.3, 0.4) is 0 Å². The number of allylic oxidation sites excluding steroid dienone is 6. The van der Waals surface area contributed by atoms with E-state index in [1.807, 2.05) is 0 Å². The minimum atomic E-state index is 0.430. The van der Waals surface area contributed by atoms with Gasteiger partial charge in [0.25, 0.3) is 0 Å². The van der Waals surface area contributed by atoms with Gasteiger partial charge >= 0.3 is 0 Å². The summed E-state index contributed by atoms with van der Waals surface area (Å²) in [5.74, 6) is 2.58. The summed E-state index contributed by atoms with van der Waals surface area (Å²) in [6.07, 6.45) is 6.52. The molecule has 0 atom stereocenters. The molecular formula is C57H87N7. The van der Waals surface area contributed by atoms with Crippen molar-refractivity contribution >= 4 is 34.2 Å². The van der Waals surface area contributed by atoms with Gasteiger partial charge in [0.2, 0.25) is 0 Å². The van der Waals surface area contributed by atoms with Crippen molar-refractivity contribution in [2.24, 2.45) is 15.0 Å². The third-order valence-corrected chi connectivity index (χ3v) is 11.7. The van der Waals surface area contributed by atoms with Crippen molar-refractivity contribution in [2.75, 3.05) is 55.2 Å². The Morgan fingerprint density at radius 2 is 0.594 bits per heavy atom. The molecule has 3 aromatic rings. The number of benzene rings is 3. The summed E-state index contributed by atoms with van der Waals surface area (Å²) in [6.45, 7) is 44.5. The molecule has 0 heterocycles. The lowest BCUT2D eigenvalue weighted by atomic mass is 9.92. The standard InChI is InChI=1S/C57H87N7/c1-37(2)49-22-19-23-50(38(3)4)55(49)61-46(16)34-43(13)58-28-31-64(32-29-59-44(14)35-47(17)62-56-51(39(5)6)24-20-25-52(56)40(7)8)33-30-60-45(15)36-48(18)63-57-53(41(9)10)26-21-27-54(57)42(11)12/h19-27,34-42,61-63H,28-33H2,1-18H3/b46-34+,47-35+,48-36+,58-43?,59-44?,60-45?. The summed E-state index contributed by atoms with van der Waals surface area (Å²) in [4.78, 5) is 17.6. The van der Waals surface area contributed by atoms with Crippen LogP contribution in [-0.2, 0) is 0 Å². The first-order valence-corrected chi connectivity index (χ1v) is 24.2. The zero-order valence-corrected chi connectivity index (χ0v) is 43.4. The third kappa shape index (κ3) is 17.0. The monoisotopic (exact) mass is 870 g/mol. The summed E-state index contributed by atoms with van der Waals surface area (Å²) in [6, 6.07) is 20.0. The molecule has 7 nitrogen and oxygen atoms in total. The Balaban J connectivity index is 1.80. The van der Waals surface area contributed by atoms with E-state index in [9.17, 15) is 0 Å². The smallest absolute Gasteiger partial charge is 0.0519 e. The molecule has 0 bridgehead atoms. The maximum atomic E-state index is 5.03. The highest BCUT2D eigenvalue weighted by atomic mass is 15.1. The summed E-state index contributed by atoms with van der Waals surface area (Å²) in [7, 11) is 0. The fourth-order valence-corrected chi connectivity index (χ4v) is 8.30. The van der Waals surface area contributed by atoms with Gasteiger partial charge in [-0.2, -0.15) is 0 Å². The molecule has 3 rings (SSSR count). The second kappa shape index (κ2) is 26.3. The van der Waals surface area contributed by atoms with Crippen LogP contribution >= 0.6 is 0 Å². The molecule has 0 saturated heterocycles. The topological polar surface area (TPSA) is 76.4 Å². The van der Waals surface area contributed by atoms with E-state index in [0.29, 0.717) is 55.1 Å². The van der Waals surface area contributed by atoms with Gasteiger partial charge in [-0.25, -0.2) is 0 Å². The highest BCUT2D eigenvalue weighted by Crippen LogP contribution is 2.35. The molecule has 0 amide bonds. The van der Waals surface area contributed by atoms with Crippen LogP contribution in [0, 0.1) is 0 Å². The number of hydrogen-bond acceptors (Lipinski definition) is 7. The third-order valence-electron chi connectivity index (χ3n) is 11.7. The Hall–Kier alpha value is -4.75. The number of nitrogens with zero attached hydrogens (tertiary/aromatic N) is 4. The van der Waals surface area contributed by atoms with Crippen molar-refractivity contribution in [1.82, 2.24) is 4.90 Å². The highest BCUT2D eigenvalue weighted by Gasteiger charge is 2.17. The van der Waals surface area contributed by atoms with Gasteiger partial charge in [-0.15, -0.1) is 0 Å². The van der Waals surface area contributed by atoms with E-state index in [0.717, 1.165) is 53.9 Å². The van der Waals surface area contributed by atoms with E-state index in [1.165, 1.54) is 50.4 Å². The van der Waals surface area contributed by atoms with Crippen LogP contribution in [0.5, 0.6) is 0 Å². The molecular weight excluding hydrogens is 783 g/mol. The van der Waals surface area contributed by atoms with Gasteiger partial charge in [0.1, 0.15) is 0 Å². The Bertz CT molecular complexity index is 1820. The normalized spacial score (nSPS) is 13.8. The maximum absolute atomic E-state index is 5.03. The molecule has 3 N–H and O–H groups in total. The van der Waals surface area contributed by atoms with E-state index in [-0.39, 0.29) is 0 Å². The molecule has 0 fully saturated rings. The molecule has 350 valence electrons. The van der Waals surface area contributed by atoms with E-state index in [1.54, 1.807) is 0 Å². The second-order valence-electron chi connectivity index (χ2n) is 19.6. The van der Waals surface area contributed by atoms with Crippen molar-refractivity contribution in [1.29, 1.82) is 0 Å². The van der Waals surface area contributed by atoms with Gasteiger partial charge in [0, 0.05) is 70.9 Å². The summed E-state index contributed by atoms with van der Waals surface area (Å²) >= 11 is 0. The number of hydrogen-bond donors (Lipinski definition) is 3. The van der Waals surface area contributed by atoms with E-state index < -0.39 is 0 Å². The lowest BCUT2D eigenvalue weighted by molar-refractivity contribution is 0.298. The highest BCUT2D eigenvalue weighted by molar-refractivity contribution is 5.95.